The zero-order valence-electron chi connectivity index (χ0n) is 16.4. The Morgan fingerprint density at radius 2 is 1.29 bits per heavy atom. The smallest absolute Gasteiger partial charge is 0.0636 e. The van der Waals surface area contributed by atoms with E-state index in [0.717, 1.165) is 30.6 Å². The lowest BCUT2D eigenvalue weighted by atomic mass is 9.67. The molecule has 0 spiro atoms. The summed E-state index contributed by atoms with van der Waals surface area (Å²) in [5.41, 5.74) is 12.5. The van der Waals surface area contributed by atoms with Gasteiger partial charge in [0.25, 0.3) is 0 Å². The number of unbranched alkanes of at least 4 members (excludes halogenated alkanes) is 3. The molecule has 0 saturated heterocycles. The minimum Gasteiger partial charge on any atom is -0.313 e. The summed E-state index contributed by atoms with van der Waals surface area (Å²) in [4.78, 5) is 0. The Hall–Kier alpha value is -0.0800. The summed E-state index contributed by atoms with van der Waals surface area (Å²) in [5, 5.41) is 0. The van der Waals surface area contributed by atoms with Crippen molar-refractivity contribution < 1.29 is 0 Å². The normalized spacial score (nSPS) is 21.5. The van der Waals surface area contributed by atoms with Gasteiger partial charge in [-0.05, 0) is 37.0 Å². The van der Waals surface area contributed by atoms with Crippen LogP contribution >= 0.6 is 0 Å². The Labute approximate surface area is 151 Å². The molecule has 0 aromatic heterocycles. The number of hydrogen-bond acceptors (Lipinski definition) is 2. The molecule has 0 atom stereocenters. The largest absolute Gasteiger partial charge is 0.313 e. The average Bonchev–Trinajstić information content (AvgIpc) is 2.61. The SMILES string of the molecule is CCCCCCC(N)(N)CCC(C1CCCCC1)C1CCCCC1. The van der Waals surface area contributed by atoms with Crippen molar-refractivity contribution in [3.63, 3.8) is 0 Å². The predicted molar refractivity (Wildman–Crippen MR) is 106 cm³/mol. The first-order valence-corrected chi connectivity index (χ1v) is 11.2. The first-order valence-electron chi connectivity index (χ1n) is 11.2. The van der Waals surface area contributed by atoms with Gasteiger partial charge in [-0.2, -0.15) is 0 Å². The Morgan fingerprint density at radius 3 is 1.79 bits per heavy atom. The van der Waals surface area contributed by atoms with E-state index >= 15 is 0 Å². The molecule has 0 amide bonds. The zero-order chi connectivity index (χ0) is 17.3. The van der Waals surface area contributed by atoms with Crippen LogP contribution in [-0.2, 0) is 0 Å². The molecule has 2 aliphatic rings. The Bertz CT molecular complexity index is 296. The lowest BCUT2D eigenvalue weighted by Crippen LogP contribution is -2.49. The van der Waals surface area contributed by atoms with Gasteiger partial charge in [0.05, 0.1) is 5.66 Å². The minimum absolute atomic E-state index is 0.421. The van der Waals surface area contributed by atoms with Crippen molar-refractivity contribution in [1.29, 1.82) is 0 Å². The molecule has 2 heteroatoms. The Kier molecular flexibility index (Phi) is 9.11. The maximum absolute atomic E-state index is 6.48. The molecule has 4 N–H and O–H groups in total. The highest BCUT2D eigenvalue weighted by molar-refractivity contribution is 4.85. The van der Waals surface area contributed by atoms with E-state index in [1.54, 1.807) is 0 Å². The summed E-state index contributed by atoms with van der Waals surface area (Å²) >= 11 is 0. The van der Waals surface area contributed by atoms with Gasteiger partial charge in [-0.1, -0.05) is 96.8 Å². The van der Waals surface area contributed by atoms with Crippen molar-refractivity contribution in [3.8, 4) is 0 Å². The van der Waals surface area contributed by atoms with Gasteiger partial charge in [0.15, 0.2) is 0 Å². The maximum Gasteiger partial charge on any atom is 0.0636 e. The zero-order valence-corrected chi connectivity index (χ0v) is 16.4. The number of hydrogen-bond donors (Lipinski definition) is 2. The summed E-state index contributed by atoms with van der Waals surface area (Å²) in [6.07, 6.45) is 23.1. The third kappa shape index (κ3) is 7.04. The van der Waals surface area contributed by atoms with Gasteiger partial charge in [-0.25, -0.2) is 0 Å². The molecule has 2 rings (SSSR count). The molecule has 2 fully saturated rings. The second kappa shape index (κ2) is 10.8. The van der Waals surface area contributed by atoms with E-state index in [4.69, 9.17) is 11.5 Å². The second-order valence-corrected chi connectivity index (χ2v) is 9.04. The van der Waals surface area contributed by atoms with Crippen LogP contribution in [-0.4, -0.2) is 5.66 Å². The quantitative estimate of drug-likeness (QED) is 0.372. The summed E-state index contributed by atoms with van der Waals surface area (Å²) in [7, 11) is 0. The highest BCUT2D eigenvalue weighted by atomic mass is 14.9. The van der Waals surface area contributed by atoms with E-state index in [0.29, 0.717) is 0 Å². The molecule has 0 aliphatic heterocycles. The topological polar surface area (TPSA) is 52.0 Å². The van der Waals surface area contributed by atoms with Crippen molar-refractivity contribution in [2.24, 2.45) is 29.2 Å². The summed E-state index contributed by atoms with van der Waals surface area (Å²) in [6.45, 7) is 2.26. The fourth-order valence-corrected chi connectivity index (χ4v) is 5.42. The highest BCUT2D eigenvalue weighted by Gasteiger charge is 2.32. The van der Waals surface area contributed by atoms with Crippen LogP contribution in [0.15, 0.2) is 0 Å². The minimum atomic E-state index is -0.421. The molecule has 0 unspecified atom stereocenters. The van der Waals surface area contributed by atoms with Crippen LogP contribution in [0.25, 0.3) is 0 Å². The molecule has 142 valence electrons. The van der Waals surface area contributed by atoms with E-state index in [9.17, 15) is 0 Å². The van der Waals surface area contributed by atoms with Crippen molar-refractivity contribution in [2.75, 3.05) is 0 Å². The van der Waals surface area contributed by atoms with Crippen LogP contribution in [0.3, 0.4) is 0 Å². The van der Waals surface area contributed by atoms with Crippen LogP contribution in [0.5, 0.6) is 0 Å². The van der Waals surface area contributed by atoms with Crippen LogP contribution in [0.4, 0.5) is 0 Å². The highest BCUT2D eigenvalue weighted by Crippen LogP contribution is 2.42. The lowest BCUT2D eigenvalue weighted by molar-refractivity contribution is 0.123. The van der Waals surface area contributed by atoms with E-state index in [2.05, 4.69) is 6.92 Å². The number of rotatable bonds is 10. The van der Waals surface area contributed by atoms with Gasteiger partial charge in [-0.15, -0.1) is 0 Å². The monoisotopic (exact) mass is 336 g/mol. The van der Waals surface area contributed by atoms with E-state index in [-0.39, 0.29) is 0 Å². The molecule has 2 aliphatic carbocycles. The molecule has 2 saturated carbocycles. The molecular formula is C22H44N2. The third-order valence-electron chi connectivity index (χ3n) is 6.95. The summed E-state index contributed by atoms with van der Waals surface area (Å²) in [5.74, 6) is 2.85. The van der Waals surface area contributed by atoms with Crippen LogP contribution < -0.4 is 11.5 Å². The molecule has 2 nitrogen and oxygen atoms in total. The lowest BCUT2D eigenvalue weighted by Gasteiger charge is -2.39. The van der Waals surface area contributed by atoms with Crippen molar-refractivity contribution >= 4 is 0 Å². The summed E-state index contributed by atoms with van der Waals surface area (Å²) in [6, 6.07) is 0. The van der Waals surface area contributed by atoms with Gasteiger partial charge in [0.2, 0.25) is 0 Å². The second-order valence-electron chi connectivity index (χ2n) is 9.04. The Morgan fingerprint density at radius 1 is 0.750 bits per heavy atom. The average molecular weight is 337 g/mol. The van der Waals surface area contributed by atoms with Gasteiger partial charge in [0, 0.05) is 0 Å². The molecule has 0 aromatic carbocycles. The maximum atomic E-state index is 6.48. The molecule has 0 radical (unpaired) electrons. The van der Waals surface area contributed by atoms with Crippen LogP contribution in [0.1, 0.15) is 116 Å². The molecule has 0 aromatic rings. The first-order chi connectivity index (χ1) is 11.6. The first kappa shape index (κ1) is 20.2. The van der Waals surface area contributed by atoms with E-state index in [1.165, 1.54) is 96.3 Å². The van der Waals surface area contributed by atoms with Crippen LogP contribution in [0, 0.1) is 17.8 Å². The van der Waals surface area contributed by atoms with Crippen molar-refractivity contribution in [3.05, 3.63) is 0 Å². The van der Waals surface area contributed by atoms with Crippen molar-refractivity contribution in [1.82, 2.24) is 0 Å². The van der Waals surface area contributed by atoms with Gasteiger partial charge in [-0.3, -0.25) is 0 Å². The summed E-state index contributed by atoms with van der Waals surface area (Å²) < 4.78 is 0. The fourth-order valence-electron chi connectivity index (χ4n) is 5.42. The third-order valence-corrected chi connectivity index (χ3v) is 6.95. The molecule has 0 heterocycles. The van der Waals surface area contributed by atoms with Gasteiger partial charge < -0.3 is 11.5 Å². The molecular weight excluding hydrogens is 292 g/mol. The fraction of sp³-hybridized carbons (Fsp3) is 1.00. The van der Waals surface area contributed by atoms with Crippen molar-refractivity contribution in [2.45, 2.75) is 122 Å². The molecule has 24 heavy (non-hydrogen) atoms. The van der Waals surface area contributed by atoms with E-state index in [1.807, 2.05) is 0 Å². The predicted octanol–water partition coefficient (Wildman–Crippen LogP) is 6.13. The number of nitrogens with two attached hydrogens (primary N) is 2. The Balaban J connectivity index is 1.84. The van der Waals surface area contributed by atoms with Gasteiger partial charge >= 0.3 is 0 Å². The van der Waals surface area contributed by atoms with E-state index < -0.39 is 5.66 Å². The van der Waals surface area contributed by atoms with Gasteiger partial charge in [0.1, 0.15) is 0 Å². The standard InChI is InChI=1S/C22H44N2/c1-2-3-4-11-17-22(23,24)18-16-21(19-12-7-5-8-13-19)20-14-9-6-10-15-20/h19-21H,2-18,23-24H2,1H3. The van der Waals surface area contributed by atoms with Crippen LogP contribution in [0.2, 0.25) is 0 Å². The molecule has 0 bridgehead atoms.